The van der Waals surface area contributed by atoms with Crippen LogP contribution in [0.25, 0.3) is 0 Å². The van der Waals surface area contributed by atoms with E-state index in [1.807, 2.05) is 12.1 Å². The molecule has 12 nitrogen and oxygen atoms in total. The van der Waals surface area contributed by atoms with Gasteiger partial charge in [-0.25, -0.2) is 9.97 Å². The number of anilines is 1. The molecule has 0 spiro atoms. The van der Waals surface area contributed by atoms with Gasteiger partial charge in [0, 0.05) is 42.4 Å². The van der Waals surface area contributed by atoms with Gasteiger partial charge in [-0.3, -0.25) is 29.4 Å². The van der Waals surface area contributed by atoms with E-state index < -0.39 is 6.04 Å². The van der Waals surface area contributed by atoms with Gasteiger partial charge < -0.3 is 19.5 Å². The number of oxazole rings is 1. The molecule has 14 heteroatoms. The Bertz CT molecular complexity index is 1750. The Morgan fingerprint density at radius 1 is 1.04 bits per heavy atom. The number of piperidine rings is 3. The van der Waals surface area contributed by atoms with E-state index in [-0.39, 0.29) is 41.4 Å². The molecular weight excluding hydrogens is 675 g/mol. The number of fused-ring (bicyclic) bond motifs is 1. The smallest absolute Gasteiger partial charge is 0.255 e. The second kappa shape index (κ2) is 14.6. The van der Waals surface area contributed by atoms with Crippen LogP contribution in [0.4, 0.5) is 5.13 Å². The van der Waals surface area contributed by atoms with Crippen LogP contribution >= 0.6 is 23.1 Å². The Morgan fingerprint density at radius 3 is 2.54 bits per heavy atom. The molecule has 1 atom stereocenters. The Morgan fingerprint density at radius 2 is 1.82 bits per heavy atom. The SMILES string of the molecule is CC(C)(C)c1cnc(CSc2cnc(NC(=O)C3CCN(C4CCN(Cc5ccc6c(c5)CN(C5CCC(=O)NC5=O)C6=O)CC4)CC3)s2)o1. The number of hydrogen-bond donors (Lipinski definition) is 2. The second-order valence-corrected chi connectivity index (χ2v) is 17.1. The number of rotatable bonds is 9. The molecule has 0 aliphatic carbocycles. The molecule has 6 heterocycles. The number of carbonyl (C=O) groups is 4. The van der Waals surface area contributed by atoms with Gasteiger partial charge in [0.1, 0.15) is 11.8 Å². The van der Waals surface area contributed by atoms with Crippen LogP contribution in [-0.2, 0) is 38.6 Å². The van der Waals surface area contributed by atoms with Crippen molar-refractivity contribution >= 4 is 51.9 Å². The number of carbonyl (C=O) groups excluding carboxylic acids is 4. The van der Waals surface area contributed by atoms with Gasteiger partial charge in [0.2, 0.25) is 23.6 Å². The number of nitrogens with one attached hydrogen (secondary N) is 2. The van der Waals surface area contributed by atoms with E-state index in [0.29, 0.717) is 41.3 Å². The number of benzene rings is 1. The normalized spacial score (nSPS) is 21.5. The standard InChI is InChI=1S/C36H45N7O5S2/c1-36(2,3)28-17-37-30(48-28)21-49-31-18-38-35(50-31)40-32(45)23-8-14-42(15-9-23)25-10-12-41(13-11-25)19-22-4-5-26-24(16-22)20-43(34(26)47)27-6-7-29(44)39-33(27)46/h4-5,16-18,23,25,27H,6-15,19-21H2,1-3H3,(H,38,40,45)(H,39,44,46). The van der Waals surface area contributed by atoms with Crippen molar-refractivity contribution < 1.29 is 23.6 Å². The molecule has 2 aromatic heterocycles. The summed E-state index contributed by atoms with van der Waals surface area (Å²) in [6.07, 6.45) is 8.11. The van der Waals surface area contributed by atoms with Crippen molar-refractivity contribution in [3.8, 4) is 0 Å². The maximum absolute atomic E-state index is 13.1. The van der Waals surface area contributed by atoms with Crippen molar-refractivity contribution in [1.82, 2.24) is 30.0 Å². The van der Waals surface area contributed by atoms with Crippen LogP contribution in [0, 0.1) is 5.92 Å². The van der Waals surface area contributed by atoms with Gasteiger partial charge in [0.25, 0.3) is 5.91 Å². The summed E-state index contributed by atoms with van der Waals surface area (Å²) in [5.41, 5.74) is 2.70. The van der Waals surface area contributed by atoms with Gasteiger partial charge >= 0.3 is 0 Å². The van der Waals surface area contributed by atoms with E-state index in [1.165, 1.54) is 16.9 Å². The zero-order chi connectivity index (χ0) is 35.0. The average Bonchev–Trinajstić information content (AvgIpc) is 3.84. The minimum Gasteiger partial charge on any atom is -0.444 e. The fourth-order valence-corrected chi connectivity index (χ4v) is 9.13. The molecule has 3 fully saturated rings. The molecule has 4 aliphatic rings. The highest BCUT2D eigenvalue weighted by atomic mass is 32.2. The number of thioether (sulfide) groups is 1. The summed E-state index contributed by atoms with van der Waals surface area (Å²) < 4.78 is 6.90. The van der Waals surface area contributed by atoms with Gasteiger partial charge in [0.15, 0.2) is 5.13 Å². The molecule has 1 unspecified atom stereocenters. The first kappa shape index (κ1) is 34.8. The second-order valence-electron chi connectivity index (χ2n) is 14.8. The van der Waals surface area contributed by atoms with Crippen LogP contribution in [-0.4, -0.2) is 86.6 Å². The van der Waals surface area contributed by atoms with Gasteiger partial charge in [-0.2, -0.15) is 0 Å². The van der Waals surface area contributed by atoms with Gasteiger partial charge in [0.05, 0.1) is 22.4 Å². The summed E-state index contributed by atoms with van der Waals surface area (Å²) in [6, 6.07) is 5.95. The lowest BCUT2D eigenvalue weighted by atomic mass is 9.92. The molecule has 4 amide bonds. The van der Waals surface area contributed by atoms with E-state index in [0.717, 1.165) is 73.9 Å². The number of nitrogens with zero attached hydrogens (tertiary/aromatic N) is 5. The van der Waals surface area contributed by atoms with Crippen LogP contribution in [0.15, 0.2) is 39.2 Å². The van der Waals surface area contributed by atoms with E-state index in [2.05, 4.69) is 57.2 Å². The van der Waals surface area contributed by atoms with Gasteiger partial charge in [-0.05, 0) is 75.5 Å². The molecule has 266 valence electrons. The predicted molar refractivity (Wildman–Crippen MR) is 191 cm³/mol. The molecule has 1 aromatic carbocycles. The Balaban J connectivity index is 0.826. The van der Waals surface area contributed by atoms with Gasteiger partial charge in [-0.1, -0.05) is 44.2 Å². The maximum atomic E-state index is 13.1. The zero-order valence-electron chi connectivity index (χ0n) is 28.9. The number of hydrogen-bond acceptors (Lipinski definition) is 11. The quantitative estimate of drug-likeness (QED) is 0.234. The fourth-order valence-electron chi connectivity index (χ4n) is 7.40. The third kappa shape index (κ3) is 7.83. The van der Waals surface area contributed by atoms with Crippen molar-refractivity contribution in [1.29, 1.82) is 0 Å². The lowest BCUT2D eigenvalue weighted by Gasteiger charge is -2.41. The number of amides is 4. The van der Waals surface area contributed by atoms with Crippen molar-refractivity contribution in [2.75, 3.05) is 31.5 Å². The van der Waals surface area contributed by atoms with Crippen molar-refractivity contribution in [2.45, 2.75) is 99.8 Å². The highest BCUT2D eigenvalue weighted by molar-refractivity contribution is 8.00. The Labute approximate surface area is 300 Å². The highest BCUT2D eigenvalue weighted by Crippen LogP contribution is 2.33. The van der Waals surface area contributed by atoms with Crippen molar-refractivity contribution in [3.63, 3.8) is 0 Å². The number of aromatic nitrogens is 2. The topological polar surface area (TPSA) is 141 Å². The molecule has 0 saturated carbocycles. The summed E-state index contributed by atoms with van der Waals surface area (Å²) >= 11 is 3.10. The number of imide groups is 1. The molecular formula is C36H45N7O5S2. The monoisotopic (exact) mass is 719 g/mol. The first-order chi connectivity index (χ1) is 24.0. The number of likely N-dealkylation sites (tertiary alicyclic amines) is 2. The summed E-state index contributed by atoms with van der Waals surface area (Å²) in [5, 5.41) is 6.06. The maximum Gasteiger partial charge on any atom is 0.255 e. The van der Waals surface area contributed by atoms with E-state index in [1.54, 1.807) is 29.1 Å². The molecule has 3 aromatic rings. The summed E-state index contributed by atoms with van der Waals surface area (Å²) in [5.74, 6) is 1.44. The predicted octanol–water partition coefficient (Wildman–Crippen LogP) is 4.80. The Hall–Kier alpha value is -3.59. The minimum absolute atomic E-state index is 0.00733. The van der Waals surface area contributed by atoms with Crippen molar-refractivity contribution in [3.05, 3.63) is 58.9 Å². The summed E-state index contributed by atoms with van der Waals surface area (Å²) in [4.78, 5) is 65.6. The van der Waals surface area contributed by atoms with Crippen LogP contribution in [0.5, 0.6) is 0 Å². The summed E-state index contributed by atoms with van der Waals surface area (Å²) in [7, 11) is 0. The third-order valence-electron chi connectivity index (χ3n) is 10.3. The fraction of sp³-hybridized carbons (Fsp3) is 0.556. The van der Waals surface area contributed by atoms with Crippen LogP contribution in [0.1, 0.15) is 92.4 Å². The largest absolute Gasteiger partial charge is 0.444 e. The van der Waals surface area contributed by atoms with E-state index in [4.69, 9.17) is 4.42 Å². The Kier molecular flexibility index (Phi) is 10.2. The molecule has 7 rings (SSSR count). The minimum atomic E-state index is -0.593. The average molecular weight is 720 g/mol. The number of thiazole rings is 1. The highest BCUT2D eigenvalue weighted by Gasteiger charge is 2.39. The third-order valence-corrected chi connectivity index (χ3v) is 12.4. The summed E-state index contributed by atoms with van der Waals surface area (Å²) in [6.45, 7) is 11.4. The van der Waals surface area contributed by atoms with E-state index >= 15 is 0 Å². The van der Waals surface area contributed by atoms with Crippen LogP contribution < -0.4 is 10.6 Å². The van der Waals surface area contributed by atoms with E-state index in [9.17, 15) is 19.2 Å². The van der Waals surface area contributed by atoms with Crippen LogP contribution in [0.3, 0.4) is 0 Å². The van der Waals surface area contributed by atoms with Gasteiger partial charge in [-0.15, -0.1) is 11.8 Å². The molecule has 0 radical (unpaired) electrons. The zero-order valence-corrected chi connectivity index (χ0v) is 30.5. The van der Waals surface area contributed by atoms with Crippen molar-refractivity contribution in [2.24, 2.45) is 5.92 Å². The lowest BCUT2D eigenvalue weighted by Crippen LogP contribution is -2.52. The molecule has 2 N–H and O–H groups in total. The molecule has 50 heavy (non-hydrogen) atoms. The van der Waals surface area contributed by atoms with Crippen LogP contribution in [0.2, 0.25) is 0 Å². The molecule has 4 aliphatic heterocycles. The lowest BCUT2D eigenvalue weighted by molar-refractivity contribution is -0.137. The first-order valence-electron chi connectivity index (χ1n) is 17.6. The molecule has 3 saturated heterocycles. The first-order valence-corrected chi connectivity index (χ1v) is 19.4. The molecule has 0 bridgehead atoms.